The lowest BCUT2D eigenvalue weighted by atomic mass is 9.93. The monoisotopic (exact) mass is 311 g/mol. The number of carbonyl (C=O) groups excluding carboxylic acids is 1. The lowest BCUT2D eigenvalue weighted by molar-refractivity contribution is -0.134. The van der Waals surface area contributed by atoms with Crippen LogP contribution < -0.4 is 0 Å². The lowest BCUT2D eigenvalue weighted by Crippen LogP contribution is -2.46. The highest BCUT2D eigenvalue weighted by atomic mass is 16.3. The second-order valence-corrected chi connectivity index (χ2v) is 7.57. The molecule has 0 unspecified atom stereocenters. The van der Waals surface area contributed by atoms with E-state index in [2.05, 4.69) is 16.8 Å². The van der Waals surface area contributed by atoms with Gasteiger partial charge in [-0.3, -0.25) is 9.69 Å². The van der Waals surface area contributed by atoms with Crippen molar-refractivity contribution in [1.82, 2.24) is 14.7 Å². The number of aliphatic hydroxyl groups is 1. The minimum Gasteiger partial charge on any atom is -0.389 e. The Kier molecular flexibility index (Phi) is 6.24. The van der Waals surface area contributed by atoms with Crippen LogP contribution in [0.5, 0.6) is 0 Å². The van der Waals surface area contributed by atoms with Crippen LogP contribution in [0.4, 0.5) is 0 Å². The number of hydrogen-bond donors (Lipinski definition) is 1. The van der Waals surface area contributed by atoms with Crippen LogP contribution in [0.2, 0.25) is 0 Å². The van der Waals surface area contributed by atoms with E-state index >= 15 is 0 Å². The van der Waals surface area contributed by atoms with Gasteiger partial charge < -0.3 is 14.9 Å². The summed E-state index contributed by atoms with van der Waals surface area (Å²) in [6.45, 7) is 4.21. The number of rotatable bonds is 3. The van der Waals surface area contributed by atoms with E-state index in [1.165, 1.54) is 12.8 Å². The van der Waals surface area contributed by atoms with Gasteiger partial charge in [0, 0.05) is 46.8 Å². The van der Waals surface area contributed by atoms with Crippen molar-refractivity contribution in [2.75, 3.05) is 53.9 Å². The summed E-state index contributed by atoms with van der Waals surface area (Å²) < 4.78 is 0. The molecule has 128 valence electrons. The summed E-state index contributed by atoms with van der Waals surface area (Å²) >= 11 is 0. The summed E-state index contributed by atoms with van der Waals surface area (Å²) in [7, 11) is 5.74. The molecule has 1 amide bonds. The second kappa shape index (κ2) is 7.75. The third-order valence-corrected chi connectivity index (χ3v) is 5.15. The number of carbonyl (C=O) groups is 1. The normalized spacial score (nSPS) is 27.9. The van der Waals surface area contributed by atoms with Crippen LogP contribution in [0.25, 0.3) is 0 Å². The second-order valence-electron chi connectivity index (χ2n) is 7.57. The molecule has 0 aromatic heterocycles. The van der Waals surface area contributed by atoms with Crippen molar-refractivity contribution in [2.45, 2.75) is 44.1 Å². The molecule has 1 saturated carbocycles. The van der Waals surface area contributed by atoms with Crippen molar-refractivity contribution in [3.8, 4) is 0 Å². The minimum atomic E-state index is -0.550. The van der Waals surface area contributed by atoms with E-state index < -0.39 is 5.60 Å². The summed E-state index contributed by atoms with van der Waals surface area (Å²) in [6.07, 6.45) is 6.56. The van der Waals surface area contributed by atoms with Crippen molar-refractivity contribution in [2.24, 2.45) is 5.92 Å². The van der Waals surface area contributed by atoms with Crippen LogP contribution in [0.15, 0.2) is 0 Å². The van der Waals surface area contributed by atoms with E-state index in [1.54, 1.807) is 4.90 Å². The Morgan fingerprint density at radius 1 is 1.14 bits per heavy atom. The van der Waals surface area contributed by atoms with Crippen LogP contribution in [-0.2, 0) is 4.79 Å². The van der Waals surface area contributed by atoms with Gasteiger partial charge in [0.15, 0.2) is 0 Å². The van der Waals surface area contributed by atoms with Gasteiger partial charge in [0.25, 0.3) is 0 Å². The van der Waals surface area contributed by atoms with Gasteiger partial charge >= 0.3 is 0 Å². The van der Waals surface area contributed by atoms with Crippen molar-refractivity contribution in [3.05, 3.63) is 0 Å². The summed E-state index contributed by atoms with van der Waals surface area (Å²) in [5.74, 6) is 0.212. The van der Waals surface area contributed by atoms with Gasteiger partial charge in [-0.05, 0) is 19.9 Å². The molecular formula is C17H33N3O2. The molecule has 1 aliphatic heterocycles. The Morgan fingerprint density at radius 3 is 2.36 bits per heavy atom. The zero-order chi connectivity index (χ0) is 16.2. The summed E-state index contributed by atoms with van der Waals surface area (Å²) in [4.78, 5) is 18.6. The Morgan fingerprint density at radius 2 is 1.77 bits per heavy atom. The fraction of sp³-hybridized carbons (Fsp3) is 0.941. The Balaban J connectivity index is 2.01. The minimum absolute atomic E-state index is 0.0110. The SMILES string of the molecule is CN1CCN(CC2(O)CCCCCC2)C[C@H](C(=O)N(C)C)C1. The first kappa shape index (κ1) is 17.7. The maximum Gasteiger partial charge on any atom is 0.227 e. The molecule has 0 bridgehead atoms. The highest BCUT2D eigenvalue weighted by Gasteiger charge is 2.34. The van der Waals surface area contributed by atoms with Gasteiger partial charge in [0.1, 0.15) is 0 Å². The van der Waals surface area contributed by atoms with Crippen LogP contribution in [0.1, 0.15) is 38.5 Å². The van der Waals surface area contributed by atoms with Gasteiger partial charge in [-0.1, -0.05) is 25.7 Å². The highest BCUT2D eigenvalue weighted by molar-refractivity contribution is 5.78. The molecule has 5 nitrogen and oxygen atoms in total. The molecule has 0 radical (unpaired) electrons. The third-order valence-electron chi connectivity index (χ3n) is 5.15. The first-order chi connectivity index (χ1) is 10.4. The molecule has 1 atom stereocenters. The van der Waals surface area contributed by atoms with Gasteiger partial charge in [0.2, 0.25) is 5.91 Å². The number of hydrogen-bond acceptors (Lipinski definition) is 4. The van der Waals surface area contributed by atoms with Gasteiger partial charge in [-0.15, -0.1) is 0 Å². The molecule has 0 aromatic carbocycles. The molecule has 2 fully saturated rings. The predicted octanol–water partition coefficient (Wildman–Crippen LogP) is 1.02. The van der Waals surface area contributed by atoms with E-state index in [1.807, 2.05) is 14.1 Å². The van der Waals surface area contributed by atoms with Crippen LogP contribution in [-0.4, -0.2) is 85.2 Å². The Labute approximate surface area is 135 Å². The quantitative estimate of drug-likeness (QED) is 0.791. The van der Waals surface area contributed by atoms with Gasteiger partial charge in [-0.2, -0.15) is 0 Å². The van der Waals surface area contributed by atoms with E-state index in [0.717, 1.165) is 58.4 Å². The molecule has 1 N–H and O–H groups in total. The summed E-state index contributed by atoms with van der Waals surface area (Å²) in [5.41, 5.74) is -0.550. The first-order valence-electron chi connectivity index (χ1n) is 8.74. The van der Waals surface area contributed by atoms with Crippen molar-refractivity contribution in [1.29, 1.82) is 0 Å². The molecular weight excluding hydrogens is 278 g/mol. The van der Waals surface area contributed by atoms with E-state index in [4.69, 9.17) is 0 Å². The number of amides is 1. The molecule has 1 saturated heterocycles. The maximum atomic E-state index is 12.4. The molecule has 1 aliphatic carbocycles. The van der Waals surface area contributed by atoms with Crippen LogP contribution >= 0.6 is 0 Å². The summed E-state index contributed by atoms with van der Waals surface area (Å²) in [5, 5.41) is 10.9. The fourth-order valence-corrected chi connectivity index (χ4v) is 3.87. The van der Waals surface area contributed by atoms with E-state index in [0.29, 0.717) is 0 Å². The van der Waals surface area contributed by atoms with Gasteiger partial charge in [0.05, 0.1) is 11.5 Å². The molecule has 2 rings (SSSR count). The zero-order valence-electron chi connectivity index (χ0n) is 14.6. The Bertz CT molecular complexity index is 365. The van der Waals surface area contributed by atoms with Gasteiger partial charge in [-0.25, -0.2) is 0 Å². The lowest BCUT2D eigenvalue weighted by Gasteiger charge is -2.34. The van der Waals surface area contributed by atoms with E-state index in [-0.39, 0.29) is 11.8 Å². The number of likely N-dealkylation sites (N-methyl/N-ethyl adjacent to an activating group) is 1. The Hall–Kier alpha value is -0.650. The third kappa shape index (κ3) is 4.93. The van der Waals surface area contributed by atoms with Crippen molar-refractivity contribution < 1.29 is 9.90 Å². The molecule has 2 aliphatic rings. The topological polar surface area (TPSA) is 47.0 Å². The van der Waals surface area contributed by atoms with E-state index in [9.17, 15) is 9.90 Å². The predicted molar refractivity (Wildman–Crippen MR) is 88.8 cm³/mol. The first-order valence-corrected chi connectivity index (χ1v) is 8.74. The fourth-order valence-electron chi connectivity index (χ4n) is 3.87. The zero-order valence-corrected chi connectivity index (χ0v) is 14.6. The average Bonchev–Trinajstić information content (AvgIpc) is 2.77. The van der Waals surface area contributed by atoms with Crippen molar-refractivity contribution >= 4 is 5.91 Å². The highest BCUT2D eigenvalue weighted by Crippen LogP contribution is 2.28. The molecule has 0 aromatic rings. The molecule has 1 heterocycles. The largest absolute Gasteiger partial charge is 0.389 e. The molecule has 0 spiro atoms. The molecule has 5 heteroatoms. The number of β-amino-alcohol motifs (C(OH)–C–C–N with tert-alkyl or cyclic N) is 1. The van der Waals surface area contributed by atoms with Crippen LogP contribution in [0, 0.1) is 5.92 Å². The molecule has 22 heavy (non-hydrogen) atoms. The standard InChI is InChI=1S/C17H33N3O2/c1-18(2)16(21)15-12-19(3)10-11-20(13-15)14-17(22)8-6-4-5-7-9-17/h15,22H,4-14H2,1-3H3/t15-/m1/s1. The smallest absolute Gasteiger partial charge is 0.227 e. The average molecular weight is 311 g/mol. The van der Waals surface area contributed by atoms with Crippen LogP contribution in [0.3, 0.4) is 0 Å². The summed E-state index contributed by atoms with van der Waals surface area (Å²) in [6, 6.07) is 0. The number of nitrogens with zero attached hydrogens (tertiary/aromatic N) is 3. The maximum absolute atomic E-state index is 12.4. The van der Waals surface area contributed by atoms with Crippen molar-refractivity contribution in [3.63, 3.8) is 0 Å².